The predicted molar refractivity (Wildman–Crippen MR) is 65.2 cm³/mol. The number of rotatable bonds is 3. The third kappa shape index (κ3) is 2.81. The zero-order valence-electron chi connectivity index (χ0n) is 10.7. The van der Waals surface area contributed by atoms with E-state index in [9.17, 15) is 9.59 Å². The highest BCUT2D eigenvalue weighted by atomic mass is 16.5. The maximum Gasteiger partial charge on any atom is 0.263 e. The summed E-state index contributed by atoms with van der Waals surface area (Å²) in [6, 6.07) is 0. The molecular weight excluding hydrogens is 234 g/mol. The third-order valence-electron chi connectivity index (χ3n) is 3.76. The van der Waals surface area contributed by atoms with Crippen molar-refractivity contribution in [2.24, 2.45) is 11.8 Å². The van der Waals surface area contributed by atoms with Crippen molar-refractivity contribution in [3.63, 3.8) is 0 Å². The normalized spacial score (nSPS) is 32.7. The molecule has 2 heterocycles. The van der Waals surface area contributed by atoms with Crippen LogP contribution in [0, 0.1) is 5.92 Å². The van der Waals surface area contributed by atoms with Crippen LogP contribution in [0.3, 0.4) is 0 Å². The molecule has 0 aromatic rings. The van der Waals surface area contributed by atoms with E-state index < -0.39 is 6.10 Å². The van der Waals surface area contributed by atoms with E-state index in [1.54, 1.807) is 0 Å². The number of likely N-dealkylation sites (tertiary alicyclic amines) is 1. The molecule has 18 heavy (non-hydrogen) atoms. The Hall–Kier alpha value is -1.14. The SMILES string of the molecule is CC1CCCN(CC2CCC(C(=O)NN)O2)C1=O. The summed E-state index contributed by atoms with van der Waals surface area (Å²) in [6.07, 6.45) is 2.99. The number of hydrogen-bond acceptors (Lipinski definition) is 4. The molecule has 3 unspecified atom stereocenters. The van der Waals surface area contributed by atoms with Crippen LogP contribution >= 0.6 is 0 Å². The van der Waals surface area contributed by atoms with E-state index in [0.717, 1.165) is 25.8 Å². The number of hydrazine groups is 1. The number of piperidine rings is 1. The van der Waals surface area contributed by atoms with Crippen LogP contribution in [0.25, 0.3) is 0 Å². The lowest BCUT2D eigenvalue weighted by Crippen LogP contribution is -2.45. The van der Waals surface area contributed by atoms with Crippen LogP contribution in [-0.4, -0.2) is 42.0 Å². The number of carbonyl (C=O) groups is 2. The lowest BCUT2D eigenvalue weighted by atomic mass is 9.99. The number of amides is 2. The van der Waals surface area contributed by atoms with Crippen molar-refractivity contribution >= 4 is 11.8 Å². The molecule has 2 amide bonds. The minimum Gasteiger partial charge on any atom is -0.363 e. The summed E-state index contributed by atoms with van der Waals surface area (Å²) in [4.78, 5) is 25.1. The average molecular weight is 255 g/mol. The first kappa shape index (κ1) is 13.3. The largest absolute Gasteiger partial charge is 0.363 e. The van der Waals surface area contributed by atoms with Gasteiger partial charge in [0.1, 0.15) is 6.10 Å². The number of nitrogens with two attached hydrogens (primary N) is 1. The molecule has 2 aliphatic heterocycles. The van der Waals surface area contributed by atoms with Crippen molar-refractivity contribution in [2.75, 3.05) is 13.1 Å². The van der Waals surface area contributed by atoms with Gasteiger partial charge < -0.3 is 9.64 Å². The van der Waals surface area contributed by atoms with Gasteiger partial charge in [-0.15, -0.1) is 0 Å². The Morgan fingerprint density at radius 1 is 1.50 bits per heavy atom. The highest BCUT2D eigenvalue weighted by molar-refractivity contribution is 5.80. The van der Waals surface area contributed by atoms with Gasteiger partial charge in [0.05, 0.1) is 6.10 Å². The van der Waals surface area contributed by atoms with Crippen LogP contribution in [-0.2, 0) is 14.3 Å². The molecular formula is C12H21N3O3. The molecule has 2 rings (SSSR count). The zero-order valence-corrected chi connectivity index (χ0v) is 10.7. The summed E-state index contributed by atoms with van der Waals surface area (Å²) in [6.45, 7) is 3.36. The second kappa shape index (κ2) is 5.67. The summed E-state index contributed by atoms with van der Waals surface area (Å²) in [5, 5.41) is 0. The molecule has 0 radical (unpaired) electrons. The quantitative estimate of drug-likeness (QED) is 0.415. The van der Waals surface area contributed by atoms with Crippen LogP contribution in [0.4, 0.5) is 0 Å². The third-order valence-corrected chi connectivity index (χ3v) is 3.76. The molecule has 2 saturated heterocycles. The highest BCUT2D eigenvalue weighted by Crippen LogP contribution is 2.23. The summed E-state index contributed by atoms with van der Waals surface area (Å²) in [7, 11) is 0. The molecule has 3 atom stereocenters. The maximum absolute atomic E-state index is 12.0. The average Bonchev–Trinajstić information content (AvgIpc) is 2.82. The smallest absolute Gasteiger partial charge is 0.263 e. The number of nitrogens with zero attached hydrogens (tertiary/aromatic N) is 1. The molecule has 0 aromatic heterocycles. The molecule has 6 heteroatoms. The second-order valence-corrected chi connectivity index (χ2v) is 5.16. The Morgan fingerprint density at radius 3 is 3.00 bits per heavy atom. The van der Waals surface area contributed by atoms with Crippen LogP contribution in [0.1, 0.15) is 32.6 Å². The lowest BCUT2D eigenvalue weighted by Gasteiger charge is -2.32. The van der Waals surface area contributed by atoms with Gasteiger partial charge in [0.15, 0.2) is 0 Å². The van der Waals surface area contributed by atoms with E-state index in [1.807, 2.05) is 11.8 Å². The number of ether oxygens (including phenoxy) is 1. The fraction of sp³-hybridized carbons (Fsp3) is 0.833. The molecule has 0 spiro atoms. The standard InChI is InChI=1S/C12H21N3O3/c1-8-3-2-6-15(12(8)17)7-9-4-5-10(18-9)11(16)14-13/h8-10H,2-7,13H2,1H3,(H,14,16). The van der Waals surface area contributed by atoms with Gasteiger partial charge >= 0.3 is 0 Å². The first-order valence-electron chi connectivity index (χ1n) is 6.56. The molecule has 2 fully saturated rings. The minimum atomic E-state index is -0.461. The van der Waals surface area contributed by atoms with Crippen molar-refractivity contribution in [1.82, 2.24) is 10.3 Å². The van der Waals surface area contributed by atoms with Crippen LogP contribution < -0.4 is 11.3 Å². The molecule has 102 valence electrons. The maximum atomic E-state index is 12.0. The molecule has 0 saturated carbocycles. The van der Waals surface area contributed by atoms with Crippen LogP contribution in [0.15, 0.2) is 0 Å². The Balaban J connectivity index is 1.84. The van der Waals surface area contributed by atoms with Gasteiger partial charge in [0, 0.05) is 19.0 Å². The molecule has 0 bridgehead atoms. The van der Waals surface area contributed by atoms with Crippen molar-refractivity contribution in [2.45, 2.75) is 44.8 Å². The second-order valence-electron chi connectivity index (χ2n) is 5.16. The Labute approximate surface area is 107 Å². The van der Waals surface area contributed by atoms with Gasteiger partial charge in [-0.2, -0.15) is 0 Å². The zero-order chi connectivity index (χ0) is 13.1. The fourth-order valence-electron chi connectivity index (χ4n) is 2.69. The summed E-state index contributed by atoms with van der Waals surface area (Å²) in [5.74, 6) is 5.12. The van der Waals surface area contributed by atoms with Gasteiger partial charge in [0.2, 0.25) is 5.91 Å². The van der Waals surface area contributed by atoms with E-state index in [-0.39, 0.29) is 23.8 Å². The van der Waals surface area contributed by atoms with Gasteiger partial charge in [-0.25, -0.2) is 5.84 Å². The number of hydrogen-bond donors (Lipinski definition) is 2. The molecule has 6 nitrogen and oxygen atoms in total. The molecule has 3 N–H and O–H groups in total. The minimum absolute atomic E-state index is 0.0402. The van der Waals surface area contributed by atoms with Gasteiger partial charge in [-0.1, -0.05) is 6.92 Å². The van der Waals surface area contributed by atoms with E-state index in [4.69, 9.17) is 10.6 Å². The predicted octanol–water partition coefficient (Wildman–Crippen LogP) is -0.218. The molecule has 0 aliphatic carbocycles. The Morgan fingerprint density at radius 2 is 2.28 bits per heavy atom. The monoisotopic (exact) mass is 255 g/mol. The van der Waals surface area contributed by atoms with Gasteiger partial charge in [0.25, 0.3) is 5.91 Å². The van der Waals surface area contributed by atoms with Crippen LogP contribution in [0.5, 0.6) is 0 Å². The van der Waals surface area contributed by atoms with Crippen molar-refractivity contribution in [1.29, 1.82) is 0 Å². The lowest BCUT2D eigenvalue weighted by molar-refractivity contribution is -0.141. The summed E-state index contributed by atoms with van der Waals surface area (Å²) >= 11 is 0. The van der Waals surface area contributed by atoms with E-state index in [2.05, 4.69) is 5.43 Å². The van der Waals surface area contributed by atoms with E-state index >= 15 is 0 Å². The molecule has 0 aromatic carbocycles. The van der Waals surface area contributed by atoms with Gasteiger partial charge in [-0.3, -0.25) is 15.0 Å². The first-order chi connectivity index (χ1) is 8.61. The van der Waals surface area contributed by atoms with Crippen molar-refractivity contribution in [3.8, 4) is 0 Å². The summed E-state index contributed by atoms with van der Waals surface area (Å²) < 4.78 is 5.61. The van der Waals surface area contributed by atoms with Crippen molar-refractivity contribution in [3.05, 3.63) is 0 Å². The Kier molecular flexibility index (Phi) is 4.19. The van der Waals surface area contributed by atoms with E-state index in [0.29, 0.717) is 13.0 Å². The van der Waals surface area contributed by atoms with Crippen molar-refractivity contribution < 1.29 is 14.3 Å². The highest BCUT2D eigenvalue weighted by Gasteiger charge is 2.34. The summed E-state index contributed by atoms with van der Waals surface area (Å²) in [5.41, 5.74) is 2.10. The van der Waals surface area contributed by atoms with Crippen LogP contribution in [0.2, 0.25) is 0 Å². The fourth-order valence-corrected chi connectivity index (χ4v) is 2.69. The number of nitrogens with one attached hydrogen (secondary N) is 1. The van der Waals surface area contributed by atoms with E-state index in [1.165, 1.54) is 0 Å². The Bertz CT molecular complexity index is 335. The topological polar surface area (TPSA) is 84.7 Å². The number of carbonyl (C=O) groups excluding carboxylic acids is 2. The van der Waals surface area contributed by atoms with Gasteiger partial charge in [-0.05, 0) is 25.7 Å². The molecule has 2 aliphatic rings. The first-order valence-corrected chi connectivity index (χ1v) is 6.56.